The van der Waals surface area contributed by atoms with Crippen LogP contribution in [0.2, 0.25) is 0 Å². The van der Waals surface area contributed by atoms with E-state index in [2.05, 4.69) is 0 Å². The van der Waals surface area contributed by atoms with Crippen molar-refractivity contribution in [1.29, 1.82) is 0 Å². The van der Waals surface area contributed by atoms with Crippen molar-refractivity contribution in [2.75, 3.05) is 6.79 Å². The van der Waals surface area contributed by atoms with Gasteiger partial charge in [-0.25, -0.2) is 4.79 Å². The molecule has 0 fully saturated rings. The van der Waals surface area contributed by atoms with Crippen LogP contribution in [-0.2, 0) is 22.7 Å². The number of ketones is 1. The summed E-state index contributed by atoms with van der Waals surface area (Å²) < 4.78 is 16.0. The van der Waals surface area contributed by atoms with E-state index in [4.69, 9.17) is 14.2 Å². The van der Waals surface area contributed by atoms with Crippen LogP contribution in [0.4, 0.5) is 5.69 Å². The average molecular weight is 419 g/mol. The lowest BCUT2D eigenvalue weighted by Gasteiger charge is -2.20. The smallest absolute Gasteiger partial charge is 0.339 e. The molecule has 3 aromatic rings. The monoisotopic (exact) mass is 419 g/mol. The van der Waals surface area contributed by atoms with Gasteiger partial charge in [0.05, 0.1) is 17.1 Å². The molecule has 0 bridgehead atoms. The van der Waals surface area contributed by atoms with Crippen molar-refractivity contribution in [3.05, 3.63) is 105 Å². The molecule has 4 rings (SSSR count). The van der Waals surface area contributed by atoms with Crippen LogP contribution in [0.15, 0.2) is 66.7 Å². The topological polar surface area (TPSA) is 105 Å². The van der Waals surface area contributed by atoms with Crippen molar-refractivity contribution in [2.24, 2.45) is 0 Å². The lowest BCUT2D eigenvalue weighted by Crippen LogP contribution is -2.16. The van der Waals surface area contributed by atoms with Crippen LogP contribution in [0.5, 0.6) is 5.75 Å². The number of carbonyl (C=O) groups is 2. The number of ether oxygens (including phenoxy) is 3. The van der Waals surface area contributed by atoms with Gasteiger partial charge in [-0.2, -0.15) is 0 Å². The minimum absolute atomic E-state index is 0.000167. The Balaban J connectivity index is 1.59. The summed E-state index contributed by atoms with van der Waals surface area (Å²) in [6, 6.07) is 17.6. The molecule has 3 aromatic carbocycles. The Morgan fingerprint density at radius 3 is 2.45 bits per heavy atom. The maximum atomic E-state index is 12.8. The Labute approximate surface area is 177 Å². The van der Waals surface area contributed by atoms with Crippen LogP contribution in [0.1, 0.15) is 37.4 Å². The Bertz CT molecular complexity index is 1160. The number of rotatable bonds is 6. The fraction of sp³-hybridized carbons (Fsp3) is 0.130. The van der Waals surface area contributed by atoms with Gasteiger partial charge in [0.25, 0.3) is 5.69 Å². The predicted molar refractivity (Wildman–Crippen MR) is 109 cm³/mol. The standard InChI is InChI=1S/C23H17NO7/c25-21(15-6-2-1-3-7-15)19-8-4-5-9-20(19)23(26)30-13-17-11-18(24(27)28)10-16-12-29-14-31-22(16)17/h1-11H,12-14H2. The molecule has 156 valence electrons. The third-order valence-electron chi connectivity index (χ3n) is 4.77. The van der Waals surface area contributed by atoms with Crippen LogP contribution < -0.4 is 4.74 Å². The van der Waals surface area contributed by atoms with Gasteiger partial charge in [0.15, 0.2) is 12.6 Å². The molecule has 0 atom stereocenters. The highest BCUT2D eigenvalue weighted by atomic mass is 16.7. The predicted octanol–water partition coefficient (Wildman–Crippen LogP) is 4.05. The normalized spacial score (nSPS) is 12.4. The fourth-order valence-electron chi connectivity index (χ4n) is 3.32. The third-order valence-corrected chi connectivity index (χ3v) is 4.77. The van der Waals surface area contributed by atoms with Crippen LogP contribution in [-0.4, -0.2) is 23.5 Å². The molecule has 31 heavy (non-hydrogen) atoms. The molecule has 0 N–H and O–H groups in total. The van der Waals surface area contributed by atoms with Gasteiger partial charge in [0.1, 0.15) is 12.4 Å². The van der Waals surface area contributed by atoms with E-state index in [1.54, 1.807) is 48.5 Å². The summed E-state index contributed by atoms with van der Waals surface area (Å²) >= 11 is 0. The summed E-state index contributed by atoms with van der Waals surface area (Å²) in [6.07, 6.45) is 0. The number of non-ortho nitro benzene ring substituents is 1. The Morgan fingerprint density at radius 2 is 1.71 bits per heavy atom. The van der Waals surface area contributed by atoms with E-state index in [0.717, 1.165) is 0 Å². The van der Waals surface area contributed by atoms with Crippen molar-refractivity contribution in [3.8, 4) is 5.75 Å². The number of benzene rings is 3. The Kier molecular flexibility index (Phi) is 5.72. The van der Waals surface area contributed by atoms with Crippen LogP contribution in [0.25, 0.3) is 0 Å². The lowest BCUT2D eigenvalue weighted by atomic mass is 9.98. The number of hydrogen-bond acceptors (Lipinski definition) is 7. The lowest BCUT2D eigenvalue weighted by molar-refractivity contribution is -0.385. The summed E-state index contributed by atoms with van der Waals surface area (Å²) in [5.74, 6) is -0.619. The fourth-order valence-corrected chi connectivity index (χ4v) is 3.32. The highest BCUT2D eigenvalue weighted by Gasteiger charge is 2.23. The molecule has 1 aliphatic heterocycles. The third kappa shape index (κ3) is 4.29. The van der Waals surface area contributed by atoms with Crippen molar-refractivity contribution in [2.45, 2.75) is 13.2 Å². The quantitative estimate of drug-likeness (QED) is 0.257. The molecule has 8 nitrogen and oxygen atoms in total. The zero-order chi connectivity index (χ0) is 21.8. The number of nitro groups is 1. The van der Waals surface area contributed by atoms with Crippen molar-refractivity contribution >= 4 is 17.4 Å². The zero-order valence-electron chi connectivity index (χ0n) is 16.3. The first-order valence-electron chi connectivity index (χ1n) is 9.41. The van der Waals surface area contributed by atoms with Gasteiger partial charge < -0.3 is 14.2 Å². The first-order valence-corrected chi connectivity index (χ1v) is 9.41. The molecule has 0 saturated heterocycles. The summed E-state index contributed by atoms with van der Waals surface area (Å²) in [6.45, 7) is -0.0940. The average Bonchev–Trinajstić information content (AvgIpc) is 2.82. The minimum atomic E-state index is -0.716. The van der Waals surface area contributed by atoms with Gasteiger partial charge >= 0.3 is 5.97 Å². The van der Waals surface area contributed by atoms with E-state index in [-0.39, 0.29) is 42.6 Å². The van der Waals surface area contributed by atoms with Gasteiger partial charge in [-0.3, -0.25) is 14.9 Å². The van der Waals surface area contributed by atoms with E-state index in [0.29, 0.717) is 22.4 Å². The SMILES string of the molecule is O=C(OCc1cc([N+](=O)[O-])cc2c1OCOC2)c1ccccc1C(=O)c1ccccc1. The molecule has 8 heteroatoms. The van der Waals surface area contributed by atoms with Crippen LogP contribution >= 0.6 is 0 Å². The number of nitrogens with zero attached hydrogens (tertiary/aromatic N) is 1. The van der Waals surface area contributed by atoms with Gasteiger partial charge in [-0.15, -0.1) is 0 Å². The van der Waals surface area contributed by atoms with Gasteiger partial charge in [0, 0.05) is 34.4 Å². The Morgan fingerprint density at radius 1 is 1.00 bits per heavy atom. The van der Waals surface area contributed by atoms with Gasteiger partial charge in [0.2, 0.25) is 0 Å². The summed E-state index contributed by atoms with van der Waals surface area (Å²) in [4.78, 5) is 36.3. The first kappa shape index (κ1) is 20.2. The van der Waals surface area contributed by atoms with Crippen molar-refractivity contribution < 1.29 is 28.7 Å². The molecule has 0 aliphatic carbocycles. The minimum Gasteiger partial charge on any atom is -0.467 e. The molecule has 0 spiro atoms. The molecule has 1 heterocycles. The van der Waals surface area contributed by atoms with E-state index >= 15 is 0 Å². The highest BCUT2D eigenvalue weighted by molar-refractivity contribution is 6.14. The molecular formula is C23H17NO7. The molecule has 0 radical (unpaired) electrons. The molecular weight excluding hydrogens is 402 g/mol. The van der Waals surface area contributed by atoms with E-state index in [1.807, 2.05) is 0 Å². The Hall–Kier alpha value is -4.04. The van der Waals surface area contributed by atoms with Gasteiger partial charge in [-0.1, -0.05) is 48.5 Å². The molecule has 0 saturated carbocycles. The number of nitro benzene ring substituents is 1. The molecule has 1 aliphatic rings. The summed E-state index contributed by atoms with van der Waals surface area (Å²) in [7, 11) is 0. The van der Waals surface area contributed by atoms with Gasteiger partial charge in [-0.05, 0) is 6.07 Å². The van der Waals surface area contributed by atoms with E-state index in [1.165, 1.54) is 18.2 Å². The van der Waals surface area contributed by atoms with Crippen molar-refractivity contribution in [1.82, 2.24) is 0 Å². The number of fused-ring (bicyclic) bond motifs is 1. The molecule has 0 amide bonds. The molecule has 0 aromatic heterocycles. The van der Waals surface area contributed by atoms with E-state index < -0.39 is 10.9 Å². The van der Waals surface area contributed by atoms with E-state index in [9.17, 15) is 19.7 Å². The second-order valence-corrected chi connectivity index (χ2v) is 6.78. The first-order chi connectivity index (χ1) is 15.0. The zero-order valence-corrected chi connectivity index (χ0v) is 16.3. The summed E-state index contributed by atoms with van der Waals surface area (Å²) in [5, 5.41) is 11.2. The summed E-state index contributed by atoms with van der Waals surface area (Å²) in [5.41, 5.74) is 1.48. The maximum absolute atomic E-state index is 12.8. The second-order valence-electron chi connectivity index (χ2n) is 6.78. The van der Waals surface area contributed by atoms with Crippen LogP contribution in [0, 0.1) is 10.1 Å². The maximum Gasteiger partial charge on any atom is 0.339 e. The molecule has 0 unspecified atom stereocenters. The number of hydrogen-bond donors (Lipinski definition) is 0. The highest BCUT2D eigenvalue weighted by Crippen LogP contribution is 2.33. The largest absolute Gasteiger partial charge is 0.467 e. The number of esters is 1. The second kappa shape index (κ2) is 8.76. The number of carbonyl (C=O) groups excluding carboxylic acids is 2. The van der Waals surface area contributed by atoms with Crippen molar-refractivity contribution in [3.63, 3.8) is 0 Å². The van der Waals surface area contributed by atoms with Crippen LogP contribution in [0.3, 0.4) is 0 Å².